The molecule has 6 heterocycles. The van der Waals surface area contributed by atoms with Gasteiger partial charge in [0, 0.05) is 5.41 Å². The second kappa shape index (κ2) is 28.8. The maximum absolute atomic E-state index is 15.3. The van der Waals surface area contributed by atoms with Gasteiger partial charge in [-0.25, -0.2) is 0 Å². The summed E-state index contributed by atoms with van der Waals surface area (Å²) in [5.74, 6) is -1.18. The van der Waals surface area contributed by atoms with E-state index in [0.717, 1.165) is 5.57 Å². The zero-order valence-corrected chi connectivity index (χ0v) is 55.7. The fourth-order valence-corrected chi connectivity index (χ4v) is 19.0. The average Bonchev–Trinajstić information content (AvgIpc) is 0.675. The van der Waals surface area contributed by atoms with Gasteiger partial charge in [0.2, 0.25) is 6.29 Å². The highest BCUT2D eigenvalue weighted by Crippen LogP contribution is 2.76. The van der Waals surface area contributed by atoms with Gasteiger partial charge < -0.3 is 154 Å². The largest absolute Gasteiger partial charge is 0.432 e. The normalized spacial score (nSPS) is 54.7. The first kappa shape index (κ1) is 76.1. The van der Waals surface area contributed by atoms with Crippen molar-refractivity contribution in [1.29, 1.82) is 0 Å². The van der Waals surface area contributed by atoms with E-state index in [9.17, 15) is 97.0 Å². The lowest BCUT2D eigenvalue weighted by atomic mass is 9.33. The zero-order chi connectivity index (χ0) is 70.7. The van der Waals surface area contributed by atoms with Crippen LogP contribution in [-0.2, 0) is 61.6 Å². The van der Waals surface area contributed by atoms with E-state index in [-0.39, 0.29) is 35.2 Å². The number of aliphatic hydroxyl groups is 19. The fourth-order valence-electron chi connectivity index (χ4n) is 19.0. The number of carbonyl (C=O) groups excluding carboxylic acids is 1. The number of hydrogen-bond acceptors (Lipinski definition) is 32. The van der Waals surface area contributed by atoms with E-state index in [0.29, 0.717) is 64.2 Å². The molecule has 6 saturated heterocycles. The minimum absolute atomic E-state index is 0.0242. The number of fused-ring (bicyclic) bond motifs is 7. The van der Waals surface area contributed by atoms with Crippen LogP contribution in [0.2, 0.25) is 0 Å². The van der Waals surface area contributed by atoms with Crippen molar-refractivity contribution in [3.05, 3.63) is 11.6 Å². The molecule has 0 bridgehead atoms. The van der Waals surface area contributed by atoms with Gasteiger partial charge in [0.05, 0.1) is 57.3 Å². The molecule has 0 spiro atoms. The first-order chi connectivity index (χ1) is 45.6. The topological polar surface area (TPSA) is 512 Å². The molecule has 6 aliphatic heterocycles. The Morgan fingerprint density at radius 2 is 1.02 bits per heavy atom. The Hall–Kier alpha value is -1.99. The molecule has 32 heteroatoms. The Balaban J connectivity index is 0.789. The van der Waals surface area contributed by atoms with Gasteiger partial charge in [-0.05, 0) is 111 Å². The third-order valence-corrected chi connectivity index (χ3v) is 25.4. The smallest absolute Gasteiger partial charge is 0.315 e. The Morgan fingerprint density at radius 3 is 1.63 bits per heavy atom. The molecule has 0 radical (unpaired) electrons. The van der Waals surface area contributed by atoms with E-state index >= 15 is 4.79 Å². The van der Waals surface area contributed by atoms with E-state index < -0.39 is 245 Å². The Labute approximate surface area is 561 Å². The predicted octanol–water partition coefficient (Wildman–Crippen LogP) is -5.75. The molecule has 0 amide bonds. The minimum atomic E-state index is -1.94. The van der Waals surface area contributed by atoms with Gasteiger partial charge in [-0.15, -0.1) is 0 Å². The number of esters is 1. The summed E-state index contributed by atoms with van der Waals surface area (Å²) < 4.78 is 71.6. The van der Waals surface area contributed by atoms with Gasteiger partial charge in [-0.3, -0.25) is 4.79 Å². The van der Waals surface area contributed by atoms with Crippen molar-refractivity contribution in [1.82, 2.24) is 0 Å². The van der Waals surface area contributed by atoms with Crippen LogP contribution in [-0.4, -0.2) is 327 Å². The van der Waals surface area contributed by atoms with E-state index in [4.69, 9.17) is 56.8 Å². The van der Waals surface area contributed by atoms with Crippen LogP contribution in [0.5, 0.6) is 0 Å². The Kier molecular flexibility index (Phi) is 22.6. The molecule has 0 aromatic heterocycles. The summed E-state index contributed by atoms with van der Waals surface area (Å²) in [6.45, 7) is 10.7. The van der Waals surface area contributed by atoms with Crippen molar-refractivity contribution >= 4 is 5.97 Å². The molecule has 0 unspecified atom stereocenters. The number of hydrogen-bond donors (Lipinski definition) is 19. The molecule has 97 heavy (non-hydrogen) atoms. The number of ether oxygens (including phenoxy) is 12. The van der Waals surface area contributed by atoms with E-state index in [1.54, 1.807) is 0 Å². The van der Waals surface area contributed by atoms with Crippen LogP contribution in [0.3, 0.4) is 0 Å². The van der Waals surface area contributed by atoms with Gasteiger partial charge in [-0.2, -0.15) is 0 Å². The van der Waals surface area contributed by atoms with Crippen molar-refractivity contribution in [2.45, 2.75) is 297 Å². The van der Waals surface area contributed by atoms with Gasteiger partial charge in [0.25, 0.3) is 0 Å². The van der Waals surface area contributed by atoms with Gasteiger partial charge in [-0.1, -0.05) is 53.2 Å². The number of allylic oxidation sites excluding steroid dienone is 2. The van der Waals surface area contributed by atoms with Crippen LogP contribution < -0.4 is 0 Å². The average molecular weight is 1400 g/mol. The summed E-state index contributed by atoms with van der Waals surface area (Å²) in [5, 5.41) is 206. The molecule has 11 aliphatic rings. The standard InChI is InChI=1S/C65H106O32/c1-25-36(70)41(75)46(80)54(88-25)95-51-30(21-68)91-53(50(84)45(51)79)86-22-31-39(73)44(78)49(83)57(92-31)97-59(85)65-16-14-60(2,3)18-27(65)26-8-9-34-61(4)12-11-35(62(5,24-69)33(61)10-13-64(34,7)63(26,6)15-17-65)94-58-52(96-56-48(82)43(77)38(72)29(20-67)90-56)40(74)32(23-87-58)93-55-47(81)42(76)37(71)28(19-66)89-55/h8,25,27-58,66-84H,9-24H2,1-7H3/t25-,27-,28+,29+,30+,31+,32-,33+,34+,35-,36-,37+,38+,39+,40-,41+,42-,43-,44-,45+,46+,47+,48+,49+,50+,51+,52+,53+,54-,55-,56-,57-,58-,61-,62-,63+,64+,65-/m0/s1. The molecule has 5 aliphatic carbocycles. The van der Waals surface area contributed by atoms with Gasteiger partial charge in [0.1, 0.15) is 134 Å². The molecule has 4 saturated carbocycles. The van der Waals surface area contributed by atoms with Crippen molar-refractivity contribution in [3.63, 3.8) is 0 Å². The molecular formula is C65H106O32. The number of carbonyl (C=O) groups is 1. The van der Waals surface area contributed by atoms with Gasteiger partial charge in [0.15, 0.2) is 31.5 Å². The third-order valence-electron chi connectivity index (χ3n) is 25.4. The highest BCUT2D eigenvalue weighted by atomic mass is 16.8. The van der Waals surface area contributed by atoms with Crippen LogP contribution in [0.4, 0.5) is 0 Å². The van der Waals surface area contributed by atoms with Crippen LogP contribution in [0.1, 0.15) is 113 Å². The van der Waals surface area contributed by atoms with Gasteiger partial charge >= 0.3 is 5.97 Å². The van der Waals surface area contributed by atoms with Crippen LogP contribution in [0.25, 0.3) is 0 Å². The monoisotopic (exact) mass is 1400 g/mol. The summed E-state index contributed by atoms with van der Waals surface area (Å²) in [5.41, 5.74) is -2.53. The second-order valence-electron chi connectivity index (χ2n) is 31.3. The van der Waals surface area contributed by atoms with Crippen molar-refractivity contribution in [3.8, 4) is 0 Å². The molecule has 32 nitrogen and oxygen atoms in total. The molecule has 19 N–H and O–H groups in total. The summed E-state index contributed by atoms with van der Waals surface area (Å²) in [7, 11) is 0. The molecule has 11 rings (SSSR count). The first-order valence-corrected chi connectivity index (χ1v) is 34.3. The molecular weight excluding hydrogens is 1290 g/mol. The predicted molar refractivity (Wildman–Crippen MR) is 322 cm³/mol. The second-order valence-corrected chi connectivity index (χ2v) is 31.3. The lowest BCUT2D eigenvalue weighted by Gasteiger charge is -2.71. The van der Waals surface area contributed by atoms with Crippen LogP contribution in [0.15, 0.2) is 11.6 Å². The maximum atomic E-state index is 15.3. The highest BCUT2D eigenvalue weighted by molar-refractivity contribution is 5.79. The van der Waals surface area contributed by atoms with E-state index in [2.05, 4.69) is 40.7 Å². The van der Waals surface area contributed by atoms with Crippen molar-refractivity contribution in [2.24, 2.45) is 50.2 Å². The summed E-state index contributed by atoms with van der Waals surface area (Å²) in [4.78, 5) is 15.3. The Morgan fingerprint density at radius 1 is 0.495 bits per heavy atom. The SMILES string of the molecule is C[C@@H]1O[C@@H](O[C@H]2[C@H](O)[C@@H](O)[C@H](OC[C@H]3O[C@@H](OC(=O)[C@]45CCC(C)(C)C[C@H]4C4=CC[C@@H]6[C@@]7(C)CC[C@H](O[C@@H]8OC[C@H](O[C@@H]9O[C@H](CO)[C@@H](O)[C@H](O)[C@H]9O)[C@H](O)[C@H]8O[C@@H]8O[C@H](CO)[C@@H](O)[C@H](O)[C@H]8O)[C@@](C)(CO)[C@@H]7CC[C@@]6(C)[C@]4(C)CC5)[C@H](O)[C@@H](O)[C@@H]3O)O[C@@H]2CO)[C@H](O)[C@H](O)[C@H]1O. The molecule has 0 aromatic rings. The lowest BCUT2D eigenvalue weighted by molar-refractivity contribution is -0.383. The summed E-state index contributed by atoms with van der Waals surface area (Å²) in [6.07, 6.45) is -41.9. The number of aliphatic hydroxyl groups excluding tert-OH is 19. The van der Waals surface area contributed by atoms with Crippen LogP contribution >= 0.6 is 0 Å². The molecule has 0 aromatic carbocycles. The van der Waals surface area contributed by atoms with Crippen molar-refractivity contribution in [2.75, 3.05) is 39.6 Å². The first-order valence-electron chi connectivity index (χ1n) is 34.3. The van der Waals surface area contributed by atoms with Crippen LogP contribution in [0, 0.1) is 50.2 Å². The summed E-state index contributed by atoms with van der Waals surface area (Å²) in [6, 6.07) is 0. The lowest BCUT2D eigenvalue weighted by Crippen LogP contribution is -2.67. The van der Waals surface area contributed by atoms with E-state index in [1.165, 1.54) is 6.92 Å². The van der Waals surface area contributed by atoms with E-state index in [1.807, 2.05) is 6.92 Å². The molecule has 10 fully saturated rings. The van der Waals surface area contributed by atoms with Crippen molar-refractivity contribution < 1.29 is 159 Å². The number of rotatable bonds is 17. The Bertz CT molecular complexity index is 2710. The zero-order valence-electron chi connectivity index (χ0n) is 55.7. The molecule has 558 valence electrons. The quantitative estimate of drug-likeness (QED) is 0.0366. The minimum Gasteiger partial charge on any atom is -0.432 e. The summed E-state index contributed by atoms with van der Waals surface area (Å²) >= 11 is 0. The third kappa shape index (κ3) is 13.2. The maximum Gasteiger partial charge on any atom is 0.315 e. The molecule has 38 atom stereocenters. The fraction of sp³-hybridized carbons (Fsp3) is 0.954. The highest BCUT2D eigenvalue weighted by Gasteiger charge is 2.71.